The molecule has 23 heavy (non-hydrogen) atoms. The minimum Gasteiger partial charge on any atom is -0.313 e. The van der Waals surface area contributed by atoms with Gasteiger partial charge in [-0.25, -0.2) is 14.1 Å². The Morgan fingerprint density at radius 1 is 1.30 bits per heavy atom. The first-order valence-corrected chi connectivity index (χ1v) is 8.38. The van der Waals surface area contributed by atoms with Crippen LogP contribution in [0.15, 0.2) is 16.9 Å². The van der Waals surface area contributed by atoms with Gasteiger partial charge >= 0.3 is 0 Å². The molecule has 2 fully saturated rings. The number of aromatic nitrogens is 2. The monoisotopic (exact) mass is 336 g/mol. The van der Waals surface area contributed by atoms with Gasteiger partial charge in [0, 0.05) is 32.6 Å². The topological polar surface area (TPSA) is 50.2 Å². The molecule has 7 heteroatoms. The fourth-order valence-electron chi connectivity index (χ4n) is 3.11. The van der Waals surface area contributed by atoms with Crippen molar-refractivity contribution in [2.45, 2.75) is 19.3 Å². The highest BCUT2D eigenvalue weighted by Gasteiger charge is 2.27. The van der Waals surface area contributed by atoms with Gasteiger partial charge in [0.2, 0.25) is 0 Å². The third kappa shape index (κ3) is 2.70. The van der Waals surface area contributed by atoms with Gasteiger partial charge in [-0.15, -0.1) is 0 Å². The highest BCUT2D eigenvalue weighted by molar-refractivity contribution is 6.35. The van der Waals surface area contributed by atoms with Crippen molar-refractivity contribution in [2.75, 3.05) is 31.2 Å². The average molecular weight is 337 g/mol. The predicted octanol–water partition coefficient (Wildman–Crippen LogP) is 1.68. The van der Waals surface area contributed by atoms with Crippen molar-refractivity contribution in [3.05, 3.63) is 39.2 Å². The van der Waals surface area contributed by atoms with Crippen LogP contribution in [0.4, 0.5) is 4.39 Å². The Morgan fingerprint density at radius 3 is 2.74 bits per heavy atom. The van der Waals surface area contributed by atoms with Gasteiger partial charge in [0.15, 0.2) is 0 Å². The molecule has 2 aliphatic rings. The lowest BCUT2D eigenvalue weighted by Gasteiger charge is -2.32. The zero-order valence-corrected chi connectivity index (χ0v) is 13.4. The molecule has 1 aliphatic heterocycles. The average Bonchev–Trinajstić information content (AvgIpc) is 3.36. The van der Waals surface area contributed by atoms with Gasteiger partial charge in [0.25, 0.3) is 5.56 Å². The van der Waals surface area contributed by atoms with E-state index in [9.17, 15) is 9.18 Å². The minimum atomic E-state index is -0.494. The smallest absolute Gasteiger partial charge is 0.281 e. The van der Waals surface area contributed by atoms with E-state index in [0.717, 1.165) is 39.0 Å². The van der Waals surface area contributed by atoms with Crippen molar-refractivity contribution >= 4 is 22.5 Å². The van der Waals surface area contributed by atoms with Crippen LogP contribution in [0.5, 0.6) is 0 Å². The Kier molecular flexibility index (Phi) is 3.73. The predicted molar refractivity (Wildman–Crippen MR) is 88.2 cm³/mol. The van der Waals surface area contributed by atoms with E-state index in [1.807, 2.05) is 5.01 Å². The lowest BCUT2D eigenvalue weighted by molar-refractivity contribution is 0.463. The van der Waals surface area contributed by atoms with E-state index in [1.54, 1.807) is 4.68 Å². The molecule has 2 heterocycles. The summed E-state index contributed by atoms with van der Waals surface area (Å²) in [7, 11) is 0. The second kappa shape index (κ2) is 5.76. The summed E-state index contributed by atoms with van der Waals surface area (Å²) in [5.74, 6) is 0.704. The van der Waals surface area contributed by atoms with E-state index < -0.39 is 5.82 Å². The maximum atomic E-state index is 14.2. The van der Waals surface area contributed by atoms with Crippen LogP contribution in [0.25, 0.3) is 10.9 Å². The van der Waals surface area contributed by atoms with E-state index in [4.69, 9.17) is 11.6 Å². The summed E-state index contributed by atoms with van der Waals surface area (Å²) in [6.45, 7) is 3.06. The van der Waals surface area contributed by atoms with Gasteiger partial charge in [-0.05, 0) is 30.9 Å². The zero-order valence-electron chi connectivity index (χ0n) is 12.7. The molecule has 1 aliphatic carbocycles. The molecule has 122 valence electrons. The molecule has 0 radical (unpaired) electrons. The third-order valence-corrected chi connectivity index (χ3v) is 4.83. The van der Waals surface area contributed by atoms with Crippen LogP contribution in [0.2, 0.25) is 5.02 Å². The van der Waals surface area contributed by atoms with E-state index in [1.165, 1.54) is 12.1 Å². The summed E-state index contributed by atoms with van der Waals surface area (Å²) < 4.78 is 15.8. The highest BCUT2D eigenvalue weighted by atomic mass is 35.5. The Labute approximate surface area is 138 Å². The van der Waals surface area contributed by atoms with E-state index in [2.05, 4.69) is 10.3 Å². The first kappa shape index (κ1) is 14.9. The SMILES string of the molecule is O=c1c2c(Cl)ccc(F)c2nc(CC2CC2)n1N1CCNCC1. The van der Waals surface area contributed by atoms with Crippen LogP contribution in [-0.4, -0.2) is 35.8 Å². The number of nitrogens with zero attached hydrogens (tertiary/aromatic N) is 3. The molecular weight excluding hydrogens is 319 g/mol. The molecule has 5 nitrogen and oxygen atoms in total. The largest absolute Gasteiger partial charge is 0.313 e. The summed E-state index contributed by atoms with van der Waals surface area (Å²) in [6, 6.07) is 2.69. The first-order chi connectivity index (χ1) is 11.1. The van der Waals surface area contributed by atoms with Crippen LogP contribution in [-0.2, 0) is 6.42 Å². The fraction of sp³-hybridized carbons (Fsp3) is 0.500. The first-order valence-electron chi connectivity index (χ1n) is 8.01. The maximum absolute atomic E-state index is 14.2. The molecule has 1 saturated heterocycles. The number of benzene rings is 1. The van der Waals surface area contributed by atoms with Gasteiger partial charge in [-0.3, -0.25) is 4.79 Å². The molecule has 0 bridgehead atoms. The molecule has 0 atom stereocenters. The van der Waals surface area contributed by atoms with Gasteiger partial charge in [0.1, 0.15) is 17.2 Å². The molecule has 1 aromatic heterocycles. The van der Waals surface area contributed by atoms with Gasteiger partial charge in [-0.1, -0.05) is 11.6 Å². The molecule has 1 saturated carbocycles. The molecule has 0 spiro atoms. The van der Waals surface area contributed by atoms with Crippen LogP contribution in [0.1, 0.15) is 18.7 Å². The number of halogens is 2. The van der Waals surface area contributed by atoms with Crippen LogP contribution < -0.4 is 15.9 Å². The highest BCUT2D eigenvalue weighted by Crippen LogP contribution is 2.32. The Balaban J connectivity index is 1.95. The molecule has 1 aromatic carbocycles. The number of hydrogen-bond acceptors (Lipinski definition) is 4. The Bertz CT molecular complexity index is 812. The van der Waals surface area contributed by atoms with E-state index in [0.29, 0.717) is 18.2 Å². The number of fused-ring (bicyclic) bond motifs is 1. The summed E-state index contributed by atoms with van der Waals surface area (Å²) in [5.41, 5.74) is -0.179. The molecule has 1 N–H and O–H groups in total. The Hall–Kier alpha value is -1.66. The molecule has 4 rings (SSSR count). The van der Waals surface area contributed by atoms with Crippen molar-refractivity contribution in [1.82, 2.24) is 15.0 Å². The summed E-state index contributed by atoms with van der Waals surface area (Å²) in [4.78, 5) is 17.5. The summed E-state index contributed by atoms with van der Waals surface area (Å²) in [6.07, 6.45) is 3.00. The van der Waals surface area contributed by atoms with Crippen LogP contribution in [0, 0.1) is 11.7 Å². The number of hydrogen-bond donors (Lipinski definition) is 1. The Morgan fingerprint density at radius 2 is 2.04 bits per heavy atom. The van der Waals surface area contributed by atoms with Crippen molar-refractivity contribution in [1.29, 1.82) is 0 Å². The van der Waals surface area contributed by atoms with Gasteiger partial charge in [0.05, 0.1) is 10.4 Å². The van der Waals surface area contributed by atoms with Crippen molar-refractivity contribution in [2.24, 2.45) is 5.92 Å². The summed E-state index contributed by atoms with van der Waals surface area (Å²) >= 11 is 6.16. The quantitative estimate of drug-likeness (QED) is 0.926. The zero-order chi connectivity index (χ0) is 16.0. The number of rotatable bonds is 3. The normalized spacial score (nSPS) is 18.6. The number of nitrogens with one attached hydrogen (secondary N) is 1. The van der Waals surface area contributed by atoms with Gasteiger partial charge < -0.3 is 10.3 Å². The lowest BCUT2D eigenvalue weighted by atomic mass is 10.2. The van der Waals surface area contributed by atoms with E-state index >= 15 is 0 Å². The van der Waals surface area contributed by atoms with Crippen LogP contribution in [0.3, 0.4) is 0 Å². The lowest BCUT2D eigenvalue weighted by Crippen LogP contribution is -2.54. The molecule has 2 aromatic rings. The minimum absolute atomic E-state index is 0.0875. The second-order valence-corrected chi connectivity index (χ2v) is 6.66. The fourth-order valence-corrected chi connectivity index (χ4v) is 3.34. The van der Waals surface area contributed by atoms with Gasteiger partial charge in [-0.2, -0.15) is 0 Å². The van der Waals surface area contributed by atoms with Crippen LogP contribution >= 0.6 is 11.6 Å². The maximum Gasteiger partial charge on any atom is 0.281 e. The summed E-state index contributed by atoms with van der Waals surface area (Å²) in [5, 5.41) is 5.68. The number of piperazine rings is 1. The van der Waals surface area contributed by atoms with Crippen molar-refractivity contribution in [3.63, 3.8) is 0 Å². The van der Waals surface area contributed by atoms with Crippen molar-refractivity contribution < 1.29 is 4.39 Å². The molecular formula is C16H18ClFN4O. The standard InChI is InChI=1S/C16H18ClFN4O/c17-11-3-4-12(18)15-14(11)16(23)22(21-7-5-19-6-8-21)13(20-15)9-10-1-2-10/h3-4,10,19H,1-2,5-9H2. The molecule has 0 unspecified atom stereocenters. The molecule has 0 amide bonds. The third-order valence-electron chi connectivity index (χ3n) is 4.51. The van der Waals surface area contributed by atoms with E-state index in [-0.39, 0.29) is 21.5 Å². The van der Waals surface area contributed by atoms with Crippen molar-refractivity contribution in [3.8, 4) is 0 Å². The second-order valence-electron chi connectivity index (χ2n) is 6.25.